The van der Waals surface area contributed by atoms with Crippen molar-refractivity contribution in [1.82, 2.24) is 19.8 Å². The number of guanidine groups is 1. The van der Waals surface area contributed by atoms with Crippen LogP contribution in [0.15, 0.2) is 34.2 Å². The number of nitrogens with one attached hydrogen (secondary N) is 2. The van der Waals surface area contributed by atoms with E-state index in [1.54, 1.807) is 31.2 Å². The lowest BCUT2D eigenvalue weighted by Crippen LogP contribution is -2.53. The van der Waals surface area contributed by atoms with E-state index in [4.69, 9.17) is 0 Å². The average molecular weight is 396 g/mol. The molecule has 1 aromatic carbocycles. The van der Waals surface area contributed by atoms with Gasteiger partial charge in [0.1, 0.15) is 0 Å². The van der Waals surface area contributed by atoms with E-state index in [1.165, 1.54) is 0 Å². The Bertz CT molecular complexity index is 754. The first-order chi connectivity index (χ1) is 12.8. The summed E-state index contributed by atoms with van der Waals surface area (Å²) in [4.78, 5) is 20.1. The van der Waals surface area contributed by atoms with Crippen molar-refractivity contribution in [2.75, 3.05) is 45.8 Å². The van der Waals surface area contributed by atoms with Gasteiger partial charge in [0.25, 0.3) is 0 Å². The van der Waals surface area contributed by atoms with Crippen LogP contribution in [-0.2, 0) is 14.8 Å². The molecule has 150 valence electrons. The number of nitrogens with zero attached hydrogens (tertiary/aromatic N) is 3. The number of amides is 1. The Balaban J connectivity index is 1.89. The second-order valence-corrected chi connectivity index (χ2v) is 8.21. The normalized spacial score (nSPS) is 15.7. The van der Waals surface area contributed by atoms with Gasteiger partial charge in [0.2, 0.25) is 15.9 Å². The van der Waals surface area contributed by atoms with E-state index in [2.05, 4.69) is 19.9 Å². The highest BCUT2D eigenvalue weighted by Crippen LogP contribution is 2.09. The number of carbonyl (C=O) groups is 1. The summed E-state index contributed by atoms with van der Waals surface area (Å²) in [6.45, 7) is 9.51. The second kappa shape index (κ2) is 9.70. The summed E-state index contributed by atoms with van der Waals surface area (Å²) in [5.41, 5.74) is 1.01. The van der Waals surface area contributed by atoms with Crippen molar-refractivity contribution in [1.29, 1.82) is 0 Å². The van der Waals surface area contributed by atoms with Gasteiger partial charge in [0.05, 0.1) is 11.4 Å². The SMILES string of the molecule is CCNC(=NCCNS(=O)(=O)c1ccc(C)cc1)N1CCN(C(C)=O)CC1. The van der Waals surface area contributed by atoms with Gasteiger partial charge in [-0.25, -0.2) is 13.1 Å². The zero-order valence-corrected chi connectivity index (χ0v) is 17.1. The molecule has 0 radical (unpaired) electrons. The van der Waals surface area contributed by atoms with Gasteiger partial charge in [-0.3, -0.25) is 9.79 Å². The van der Waals surface area contributed by atoms with E-state index in [9.17, 15) is 13.2 Å². The first kappa shape index (κ1) is 21.2. The molecule has 2 rings (SSSR count). The fraction of sp³-hybridized carbons (Fsp3) is 0.556. The van der Waals surface area contributed by atoms with Crippen LogP contribution in [0.3, 0.4) is 0 Å². The minimum Gasteiger partial charge on any atom is -0.357 e. The summed E-state index contributed by atoms with van der Waals surface area (Å²) in [5, 5.41) is 3.23. The van der Waals surface area contributed by atoms with E-state index in [0.29, 0.717) is 32.7 Å². The zero-order chi connectivity index (χ0) is 19.9. The predicted molar refractivity (Wildman–Crippen MR) is 106 cm³/mol. The Morgan fingerprint density at radius 2 is 1.70 bits per heavy atom. The maximum absolute atomic E-state index is 12.3. The summed E-state index contributed by atoms with van der Waals surface area (Å²) < 4.78 is 27.2. The Hall–Kier alpha value is -2.13. The van der Waals surface area contributed by atoms with E-state index < -0.39 is 10.0 Å². The number of carbonyl (C=O) groups excluding carboxylic acids is 1. The van der Waals surface area contributed by atoms with Crippen LogP contribution in [0.4, 0.5) is 0 Å². The highest BCUT2D eigenvalue weighted by atomic mass is 32.2. The Labute approximate surface area is 161 Å². The third kappa shape index (κ3) is 6.21. The van der Waals surface area contributed by atoms with Gasteiger partial charge in [0, 0.05) is 46.2 Å². The molecule has 1 heterocycles. The van der Waals surface area contributed by atoms with E-state index in [1.807, 2.05) is 18.7 Å². The Morgan fingerprint density at radius 3 is 2.26 bits per heavy atom. The number of aryl methyl sites for hydroxylation is 1. The summed E-state index contributed by atoms with van der Waals surface area (Å²) in [6.07, 6.45) is 0. The molecule has 1 amide bonds. The minimum atomic E-state index is -3.53. The van der Waals surface area contributed by atoms with Gasteiger partial charge >= 0.3 is 0 Å². The molecule has 0 spiro atoms. The molecular weight excluding hydrogens is 366 g/mol. The largest absolute Gasteiger partial charge is 0.357 e. The Morgan fingerprint density at radius 1 is 1.11 bits per heavy atom. The van der Waals surface area contributed by atoms with Crippen molar-refractivity contribution in [2.45, 2.75) is 25.7 Å². The van der Waals surface area contributed by atoms with Crippen LogP contribution in [-0.4, -0.2) is 75.9 Å². The molecule has 0 atom stereocenters. The fourth-order valence-corrected chi connectivity index (χ4v) is 3.82. The first-order valence-corrected chi connectivity index (χ1v) is 10.7. The van der Waals surface area contributed by atoms with Crippen LogP contribution in [0.25, 0.3) is 0 Å². The number of sulfonamides is 1. The maximum atomic E-state index is 12.3. The molecule has 1 aliphatic rings. The van der Waals surface area contributed by atoms with Gasteiger partial charge in [-0.05, 0) is 26.0 Å². The topological polar surface area (TPSA) is 94.1 Å². The third-order valence-corrected chi connectivity index (χ3v) is 5.83. The van der Waals surface area contributed by atoms with Crippen molar-refractivity contribution in [3.8, 4) is 0 Å². The number of benzene rings is 1. The molecular formula is C18H29N5O3S. The van der Waals surface area contributed by atoms with Gasteiger partial charge in [-0.2, -0.15) is 0 Å². The summed E-state index contributed by atoms with van der Waals surface area (Å²) >= 11 is 0. The molecule has 0 bridgehead atoms. The molecule has 0 aromatic heterocycles. The lowest BCUT2D eigenvalue weighted by Gasteiger charge is -2.36. The monoisotopic (exact) mass is 395 g/mol. The summed E-state index contributed by atoms with van der Waals surface area (Å²) in [7, 11) is -3.53. The fourth-order valence-electron chi connectivity index (χ4n) is 2.80. The van der Waals surface area contributed by atoms with Crippen molar-refractivity contribution in [3.63, 3.8) is 0 Å². The molecule has 1 saturated heterocycles. The van der Waals surface area contributed by atoms with Gasteiger partial charge in [-0.1, -0.05) is 17.7 Å². The highest BCUT2D eigenvalue weighted by Gasteiger charge is 2.20. The summed E-state index contributed by atoms with van der Waals surface area (Å²) in [6, 6.07) is 6.74. The van der Waals surface area contributed by atoms with E-state index in [0.717, 1.165) is 18.1 Å². The summed E-state index contributed by atoms with van der Waals surface area (Å²) in [5.74, 6) is 0.831. The van der Waals surface area contributed by atoms with Crippen molar-refractivity contribution >= 4 is 21.9 Å². The molecule has 0 unspecified atom stereocenters. The van der Waals surface area contributed by atoms with Crippen molar-refractivity contribution < 1.29 is 13.2 Å². The lowest BCUT2D eigenvalue weighted by atomic mass is 10.2. The van der Waals surface area contributed by atoms with Crippen LogP contribution in [0.1, 0.15) is 19.4 Å². The highest BCUT2D eigenvalue weighted by molar-refractivity contribution is 7.89. The van der Waals surface area contributed by atoms with Crippen LogP contribution < -0.4 is 10.0 Å². The minimum absolute atomic E-state index is 0.0853. The van der Waals surface area contributed by atoms with Crippen LogP contribution in [0.5, 0.6) is 0 Å². The van der Waals surface area contributed by atoms with Crippen LogP contribution in [0.2, 0.25) is 0 Å². The molecule has 0 saturated carbocycles. The van der Waals surface area contributed by atoms with E-state index >= 15 is 0 Å². The molecule has 1 aromatic rings. The molecule has 2 N–H and O–H groups in total. The molecule has 27 heavy (non-hydrogen) atoms. The van der Waals surface area contributed by atoms with Crippen LogP contribution >= 0.6 is 0 Å². The van der Waals surface area contributed by atoms with E-state index in [-0.39, 0.29) is 17.3 Å². The van der Waals surface area contributed by atoms with Gasteiger partial charge < -0.3 is 15.1 Å². The molecule has 8 nitrogen and oxygen atoms in total. The molecule has 1 aliphatic heterocycles. The standard InChI is InChI=1S/C18H29N5O3S/c1-4-19-18(23-13-11-22(12-14-23)16(3)24)20-9-10-21-27(25,26)17-7-5-15(2)6-8-17/h5-8,21H,4,9-14H2,1-3H3,(H,19,20). The zero-order valence-electron chi connectivity index (χ0n) is 16.2. The van der Waals surface area contributed by atoms with Crippen LogP contribution in [0, 0.1) is 6.92 Å². The van der Waals surface area contributed by atoms with Gasteiger partial charge in [0.15, 0.2) is 5.96 Å². The number of rotatable bonds is 6. The van der Waals surface area contributed by atoms with Crippen molar-refractivity contribution in [2.24, 2.45) is 4.99 Å². The Kier molecular flexibility index (Phi) is 7.61. The third-order valence-electron chi connectivity index (χ3n) is 4.36. The average Bonchev–Trinajstić information content (AvgIpc) is 2.64. The molecule has 0 aliphatic carbocycles. The second-order valence-electron chi connectivity index (χ2n) is 6.44. The number of hydrogen-bond donors (Lipinski definition) is 2. The lowest BCUT2D eigenvalue weighted by molar-refractivity contribution is -0.130. The number of aliphatic imine (C=N–C) groups is 1. The van der Waals surface area contributed by atoms with Crippen molar-refractivity contribution in [3.05, 3.63) is 29.8 Å². The smallest absolute Gasteiger partial charge is 0.240 e. The number of hydrogen-bond acceptors (Lipinski definition) is 4. The first-order valence-electron chi connectivity index (χ1n) is 9.18. The quantitative estimate of drug-likeness (QED) is 0.413. The molecule has 9 heteroatoms. The maximum Gasteiger partial charge on any atom is 0.240 e. The van der Waals surface area contributed by atoms with Gasteiger partial charge in [-0.15, -0.1) is 0 Å². The predicted octanol–water partition coefficient (Wildman–Crippen LogP) is 0.403. The molecule has 1 fully saturated rings. The number of piperazine rings is 1.